The van der Waals surface area contributed by atoms with Gasteiger partial charge in [0.25, 0.3) is 5.92 Å². The molecule has 1 amide bonds. The first-order chi connectivity index (χ1) is 10.9. The highest BCUT2D eigenvalue weighted by Gasteiger charge is 2.46. The van der Waals surface area contributed by atoms with Gasteiger partial charge in [-0.2, -0.15) is 0 Å². The summed E-state index contributed by atoms with van der Waals surface area (Å²) in [5, 5.41) is 0. The van der Waals surface area contributed by atoms with Crippen LogP contribution in [-0.2, 0) is 20.9 Å². The van der Waals surface area contributed by atoms with Gasteiger partial charge in [-0.3, -0.25) is 4.90 Å². The Hall–Kier alpha value is -2.18. The first-order valence-corrected chi connectivity index (χ1v) is 7.45. The average molecular weight is 327 g/mol. The number of benzene rings is 1. The molecular formula is C16H19F2NO4. The molecule has 0 saturated carbocycles. The van der Waals surface area contributed by atoms with Crippen molar-refractivity contribution in [3.8, 4) is 0 Å². The van der Waals surface area contributed by atoms with Gasteiger partial charge in [0.1, 0.15) is 12.6 Å². The van der Waals surface area contributed by atoms with Gasteiger partial charge in [0.15, 0.2) is 0 Å². The standard InChI is InChI=1S/C16H19F2NO4/c1-2-22-14(20)13-8-9-16(17,18)11-19(13)15(21)23-10-12-6-4-3-5-7-12/h3-7,13H,2,8-11H2,1H3. The number of carbonyl (C=O) groups excluding carboxylic acids is 2. The van der Waals surface area contributed by atoms with E-state index in [0.29, 0.717) is 0 Å². The summed E-state index contributed by atoms with van der Waals surface area (Å²) in [5.41, 5.74) is 0.734. The maximum Gasteiger partial charge on any atom is 0.411 e. The van der Waals surface area contributed by atoms with Gasteiger partial charge in [0, 0.05) is 6.42 Å². The number of likely N-dealkylation sites (tertiary alicyclic amines) is 1. The van der Waals surface area contributed by atoms with Crippen molar-refractivity contribution in [1.29, 1.82) is 0 Å². The summed E-state index contributed by atoms with van der Waals surface area (Å²) in [4.78, 5) is 24.8. The van der Waals surface area contributed by atoms with Crippen LogP contribution in [0.2, 0.25) is 0 Å². The van der Waals surface area contributed by atoms with Crippen molar-refractivity contribution >= 4 is 12.1 Å². The van der Waals surface area contributed by atoms with Crippen LogP contribution in [0, 0.1) is 0 Å². The molecule has 1 heterocycles. The van der Waals surface area contributed by atoms with E-state index < -0.39 is 37.0 Å². The number of esters is 1. The zero-order chi connectivity index (χ0) is 16.9. The minimum Gasteiger partial charge on any atom is -0.464 e. The molecule has 126 valence electrons. The summed E-state index contributed by atoms with van der Waals surface area (Å²) in [5.74, 6) is -3.71. The van der Waals surface area contributed by atoms with Crippen molar-refractivity contribution in [2.75, 3.05) is 13.2 Å². The molecule has 5 nitrogen and oxygen atoms in total. The van der Waals surface area contributed by atoms with E-state index >= 15 is 0 Å². The Morgan fingerprint density at radius 1 is 1.26 bits per heavy atom. The quantitative estimate of drug-likeness (QED) is 0.798. The Labute approximate surface area is 133 Å². The second-order valence-electron chi connectivity index (χ2n) is 5.33. The predicted molar refractivity (Wildman–Crippen MR) is 77.9 cm³/mol. The number of halogens is 2. The molecule has 0 aliphatic carbocycles. The molecule has 1 atom stereocenters. The van der Waals surface area contributed by atoms with Gasteiger partial charge in [0.2, 0.25) is 0 Å². The summed E-state index contributed by atoms with van der Waals surface area (Å²) in [6.45, 7) is 0.855. The smallest absolute Gasteiger partial charge is 0.411 e. The van der Waals surface area contributed by atoms with Crippen LogP contribution in [0.3, 0.4) is 0 Å². The maximum atomic E-state index is 13.6. The number of piperidine rings is 1. The fourth-order valence-electron chi connectivity index (χ4n) is 2.42. The molecule has 1 aliphatic rings. The molecule has 0 spiro atoms. The molecule has 1 aromatic rings. The van der Waals surface area contributed by atoms with Crippen molar-refractivity contribution in [1.82, 2.24) is 4.90 Å². The Kier molecular flexibility index (Phi) is 5.52. The Bertz CT molecular complexity index is 550. The lowest BCUT2D eigenvalue weighted by Gasteiger charge is -2.37. The summed E-state index contributed by atoms with van der Waals surface area (Å²) in [6, 6.07) is 7.84. The van der Waals surface area contributed by atoms with Gasteiger partial charge < -0.3 is 9.47 Å². The van der Waals surface area contributed by atoms with Gasteiger partial charge in [-0.25, -0.2) is 18.4 Å². The fraction of sp³-hybridized carbons (Fsp3) is 0.500. The van der Waals surface area contributed by atoms with E-state index in [0.717, 1.165) is 10.5 Å². The molecule has 1 saturated heterocycles. The highest BCUT2D eigenvalue weighted by atomic mass is 19.3. The van der Waals surface area contributed by atoms with Gasteiger partial charge >= 0.3 is 12.1 Å². The lowest BCUT2D eigenvalue weighted by molar-refractivity contribution is -0.156. The van der Waals surface area contributed by atoms with Crippen molar-refractivity contribution in [3.63, 3.8) is 0 Å². The fourth-order valence-corrected chi connectivity index (χ4v) is 2.42. The summed E-state index contributed by atoms with van der Waals surface area (Å²) >= 11 is 0. The van der Waals surface area contributed by atoms with Gasteiger partial charge in [-0.15, -0.1) is 0 Å². The van der Waals surface area contributed by atoms with Crippen molar-refractivity contribution in [3.05, 3.63) is 35.9 Å². The first-order valence-electron chi connectivity index (χ1n) is 7.45. The van der Waals surface area contributed by atoms with Gasteiger partial charge in [-0.05, 0) is 18.9 Å². The van der Waals surface area contributed by atoms with Crippen LogP contribution in [0.4, 0.5) is 13.6 Å². The van der Waals surface area contributed by atoms with Crippen LogP contribution in [0.1, 0.15) is 25.3 Å². The van der Waals surface area contributed by atoms with E-state index in [9.17, 15) is 18.4 Å². The second kappa shape index (κ2) is 7.39. The molecule has 0 N–H and O–H groups in total. The third-order valence-electron chi connectivity index (χ3n) is 3.56. The number of hydrogen-bond donors (Lipinski definition) is 0. The Balaban J connectivity index is 2.04. The molecule has 2 rings (SSSR count). The van der Waals surface area contributed by atoms with E-state index in [1.165, 1.54) is 0 Å². The summed E-state index contributed by atoms with van der Waals surface area (Å²) in [6.07, 6.45) is -1.54. The first kappa shape index (κ1) is 17.2. The topological polar surface area (TPSA) is 55.8 Å². The molecule has 1 unspecified atom stereocenters. The normalized spacial score (nSPS) is 20.0. The van der Waals surface area contributed by atoms with Crippen molar-refractivity contribution in [2.24, 2.45) is 0 Å². The number of ether oxygens (including phenoxy) is 2. The summed E-state index contributed by atoms with van der Waals surface area (Å²) in [7, 11) is 0. The zero-order valence-electron chi connectivity index (χ0n) is 12.8. The largest absolute Gasteiger partial charge is 0.464 e. The average Bonchev–Trinajstić information content (AvgIpc) is 2.53. The molecular weight excluding hydrogens is 308 g/mol. The number of nitrogens with zero attached hydrogens (tertiary/aromatic N) is 1. The Morgan fingerprint density at radius 3 is 2.61 bits per heavy atom. The lowest BCUT2D eigenvalue weighted by atomic mass is 10.00. The van der Waals surface area contributed by atoms with E-state index in [2.05, 4.69) is 0 Å². The lowest BCUT2D eigenvalue weighted by Crippen LogP contribution is -2.55. The minimum absolute atomic E-state index is 0.0444. The molecule has 1 fully saturated rings. The molecule has 7 heteroatoms. The Morgan fingerprint density at radius 2 is 1.96 bits per heavy atom. The monoisotopic (exact) mass is 327 g/mol. The minimum atomic E-state index is -3.03. The van der Waals surface area contributed by atoms with E-state index in [1.807, 2.05) is 6.07 Å². The van der Waals surface area contributed by atoms with Crippen LogP contribution in [0.15, 0.2) is 30.3 Å². The molecule has 1 aromatic carbocycles. The van der Waals surface area contributed by atoms with Crippen molar-refractivity contribution < 1.29 is 27.8 Å². The van der Waals surface area contributed by atoms with Crippen LogP contribution in [0.25, 0.3) is 0 Å². The number of amides is 1. The van der Waals surface area contributed by atoms with E-state index in [4.69, 9.17) is 9.47 Å². The summed E-state index contributed by atoms with van der Waals surface area (Å²) < 4.78 is 37.1. The molecule has 0 aromatic heterocycles. The third-order valence-corrected chi connectivity index (χ3v) is 3.56. The number of hydrogen-bond acceptors (Lipinski definition) is 4. The van der Waals surface area contributed by atoms with Crippen LogP contribution in [0.5, 0.6) is 0 Å². The highest BCUT2D eigenvalue weighted by Crippen LogP contribution is 2.31. The van der Waals surface area contributed by atoms with Crippen molar-refractivity contribution in [2.45, 2.75) is 38.3 Å². The molecule has 1 aliphatic heterocycles. The van der Waals surface area contributed by atoms with Gasteiger partial charge in [0.05, 0.1) is 13.2 Å². The van der Waals surface area contributed by atoms with E-state index in [-0.39, 0.29) is 19.6 Å². The molecule has 0 radical (unpaired) electrons. The predicted octanol–water partition coefficient (Wildman–Crippen LogP) is 2.99. The maximum absolute atomic E-state index is 13.6. The SMILES string of the molecule is CCOC(=O)C1CCC(F)(F)CN1C(=O)OCc1ccccc1. The third kappa shape index (κ3) is 4.64. The zero-order valence-corrected chi connectivity index (χ0v) is 12.8. The second-order valence-corrected chi connectivity index (χ2v) is 5.33. The van der Waals surface area contributed by atoms with Crippen LogP contribution < -0.4 is 0 Å². The number of alkyl halides is 2. The van der Waals surface area contributed by atoms with Crippen LogP contribution >= 0.6 is 0 Å². The van der Waals surface area contributed by atoms with E-state index in [1.54, 1.807) is 31.2 Å². The molecule has 0 bridgehead atoms. The highest BCUT2D eigenvalue weighted by molar-refractivity contribution is 5.81. The number of carbonyl (C=O) groups is 2. The van der Waals surface area contributed by atoms with Crippen LogP contribution in [-0.4, -0.2) is 42.1 Å². The molecule has 23 heavy (non-hydrogen) atoms. The number of rotatable bonds is 4. The van der Waals surface area contributed by atoms with Gasteiger partial charge in [-0.1, -0.05) is 30.3 Å².